The van der Waals surface area contributed by atoms with Gasteiger partial charge in [-0.1, -0.05) is 30.3 Å². The van der Waals surface area contributed by atoms with Crippen LogP contribution in [-0.2, 0) is 0 Å². The number of aromatic nitrogens is 4. The lowest BCUT2D eigenvalue weighted by Gasteiger charge is -2.04. The first-order chi connectivity index (χ1) is 9.83. The zero-order valence-electron chi connectivity index (χ0n) is 10.4. The number of nitrogens with one attached hydrogen (secondary N) is 1. The number of hydrogen-bond donors (Lipinski definition) is 1. The van der Waals surface area contributed by atoms with Gasteiger partial charge in [-0.25, -0.2) is 14.3 Å². The molecule has 0 atom stereocenters. The van der Waals surface area contributed by atoms with Gasteiger partial charge in [0.05, 0.1) is 5.52 Å². The highest BCUT2D eigenvalue weighted by Crippen LogP contribution is 2.23. The summed E-state index contributed by atoms with van der Waals surface area (Å²) in [6, 6.07) is 13.8. The van der Waals surface area contributed by atoms with Crippen molar-refractivity contribution >= 4 is 16.6 Å². The van der Waals surface area contributed by atoms with Crippen LogP contribution in [0.5, 0.6) is 0 Å². The molecule has 0 saturated carbocycles. The van der Waals surface area contributed by atoms with Crippen LogP contribution in [0.2, 0.25) is 0 Å². The van der Waals surface area contributed by atoms with Crippen molar-refractivity contribution in [2.45, 2.75) is 0 Å². The van der Waals surface area contributed by atoms with Gasteiger partial charge in [0.15, 0.2) is 5.65 Å². The summed E-state index contributed by atoms with van der Waals surface area (Å²) in [6.45, 7) is 0. The second kappa shape index (κ2) is 4.03. The van der Waals surface area contributed by atoms with Gasteiger partial charge in [0, 0.05) is 23.3 Å². The highest BCUT2D eigenvalue weighted by Gasteiger charge is 2.07. The van der Waals surface area contributed by atoms with E-state index in [1.54, 1.807) is 6.20 Å². The maximum Gasteiger partial charge on any atom is 0.347 e. The second-order valence-corrected chi connectivity index (χ2v) is 4.56. The van der Waals surface area contributed by atoms with Crippen molar-refractivity contribution in [2.24, 2.45) is 0 Å². The van der Waals surface area contributed by atoms with Gasteiger partial charge < -0.3 is 0 Å². The van der Waals surface area contributed by atoms with Crippen molar-refractivity contribution in [2.75, 3.05) is 0 Å². The Labute approximate surface area is 113 Å². The number of pyridine rings is 2. The molecule has 5 nitrogen and oxygen atoms in total. The first kappa shape index (κ1) is 10.9. The van der Waals surface area contributed by atoms with E-state index in [-0.39, 0.29) is 5.69 Å². The van der Waals surface area contributed by atoms with Crippen molar-refractivity contribution < 1.29 is 0 Å². The van der Waals surface area contributed by atoms with Gasteiger partial charge in [-0.2, -0.15) is 5.10 Å². The van der Waals surface area contributed by atoms with Gasteiger partial charge in [0.1, 0.15) is 0 Å². The van der Waals surface area contributed by atoms with Crippen LogP contribution in [0, 0.1) is 0 Å². The van der Waals surface area contributed by atoms with E-state index < -0.39 is 0 Å². The van der Waals surface area contributed by atoms with Crippen molar-refractivity contribution in [3.8, 4) is 11.1 Å². The van der Waals surface area contributed by atoms with E-state index in [9.17, 15) is 4.79 Å². The summed E-state index contributed by atoms with van der Waals surface area (Å²) in [6.07, 6.45) is 3.51. The molecule has 4 rings (SSSR count). The van der Waals surface area contributed by atoms with Crippen LogP contribution in [0.25, 0.3) is 27.7 Å². The van der Waals surface area contributed by atoms with Crippen LogP contribution in [0.15, 0.2) is 59.7 Å². The number of nitrogens with zero attached hydrogens (tertiary/aromatic N) is 3. The minimum atomic E-state index is -0.244. The molecule has 0 amide bonds. The van der Waals surface area contributed by atoms with Gasteiger partial charge in [0.25, 0.3) is 0 Å². The normalized spacial score (nSPS) is 11.2. The fourth-order valence-electron chi connectivity index (χ4n) is 2.35. The van der Waals surface area contributed by atoms with Crippen molar-refractivity contribution in [1.82, 2.24) is 19.6 Å². The summed E-state index contributed by atoms with van der Waals surface area (Å²) in [5.41, 5.74) is 3.25. The predicted octanol–water partition coefficient (Wildman–Crippen LogP) is 2.24. The molecule has 20 heavy (non-hydrogen) atoms. The molecule has 0 saturated heterocycles. The van der Waals surface area contributed by atoms with Crippen LogP contribution in [0.4, 0.5) is 0 Å². The number of fused-ring (bicyclic) bond motifs is 3. The quantitative estimate of drug-likeness (QED) is 0.572. The monoisotopic (exact) mass is 262 g/mol. The number of H-pyrrole nitrogens is 1. The highest BCUT2D eigenvalue weighted by atomic mass is 16.1. The molecule has 1 N–H and O–H groups in total. The summed E-state index contributed by atoms with van der Waals surface area (Å²) in [4.78, 5) is 16.0. The molecule has 0 bridgehead atoms. The Bertz CT molecular complexity index is 969. The van der Waals surface area contributed by atoms with Gasteiger partial charge in [-0.3, -0.25) is 4.98 Å². The van der Waals surface area contributed by atoms with Crippen molar-refractivity contribution in [3.63, 3.8) is 0 Å². The van der Waals surface area contributed by atoms with Crippen LogP contribution in [0.1, 0.15) is 0 Å². The van der Waals surface area contributed by atoms with E-state index in [1.165, 1.54) is 4.40 Å². The zero-order valence-corrected chi connectivity index (χ0v) is 10.4. The lowest BCUT2D eigenvalue weighted by molar-refractivity contribution is 1.02. The molecule has 3 heterocycles. The summed E-state index contributed by atoms with van der Waals surface area (Å²) in [7, 11) is 0. The first-order valence-corrected chi connectivity index (χ1v) is 6.24. The van der Waals surface area contributed by atoms with Crippen molar-refractivity contribution in [1.29, 1.82) is 0 Å². The third kappa shape index (κ3) is 1.53. The van der Waals surface area contributed by atoms with E-state index >= 15 is 0 Å². The molecule has 0 radical (unpaired) electrons. The third-order valence-electron chi connectivity index (χ3n) is 3.35. The molecule has 0 aliphatic rings. The molecule has 0 unspecified atom stereocenters. The minimum Gasteiger partial charge on any atom is -0.255 e. The number of hydrogen-bond acceptors (Lipinski definition) is 3. The summed E-state index contributed by atoms with van der Waals surface area (Å²) in [5, 5.41) is 7.38. The van der Waals surface area contributed by atoms with Gasteiger partial charge in [-0.15, -0.1) is 0 Å². The lowest BCUT2D eigenvalue weighted by Crippen LogP contribution is -2.08. The SMILES string of the molecule is O=c1[nH]nc2c3cc(-c4ccccc4)cnc3ccn12. The maximum atomic E-state index is 11.6. The lowest BCUT2D eigenvalue weighted by atomic mass is 10.1. The molecule has 0 spiro atoms. The fourth-order valence-corrected chi connectivity index (χ4v) is 2.35. The number of rotatable bonds is 1. The molecule has 1 aromatic carbocycles. The van der Waals surface area contributed by atoms with E-state index in [2.05, 4.69) is 15.2 Å². The van der Waals surface area contributed by atoms with Gasteiger partial charge >= 0.3 is 5.69 Å². The Kier molecular flexibility index (Phi) is 2.20. The molecular formula is C15H10N4O. The average molecular weight is 262 g/mol. The second-order valence-electron chi connectivity index (χ2n) is 4.56. The first-order valence-electron chi connectivity index (χ1n) is 6.24. The van der Waals surface area contributed by atoms with E-state index in [1.807, 2.05) is 48.7 Å². The Morgan fingerprint density at radius 3 is 2.75 bits per heavy atom. The molecule has 0 aliphatic heterocycles. The van der Waals surface area contributed by atoms with Crippen LogP contribution in [0.3, 0.4) is 0 Å². The topological polar surface area (TPSA) is 63.0 Å². The standard InChI is InChI=1S/C15H10N4O/c20-15-18-17-14-12-8-11(10-4-2-1-3-5-10)9-16-13(12)6-7-19(14)15/h1-9H,(H,18,20). The summed E-state index contributed by atoms with van der Waals surface area (Å²) >= 11 is 0. The Morgan fingerprint density at radius 2 is 1.90 bits per heavy atom. The van der Waals surface area contributed by atoms with Crippen LogP contribution in [-0.4, -0.2) is 19.6 Å². The third-order valence-corrected chi connectivity index (χ3v) is 3.35. The highest BCUT2D eigenvalue weighted by molar-refractivity contribution is 5.93. The van der Waals surface area contributed by atoms with Crippen LogP contribution >= 0.6 is 0 Å². The van der Waals surface area contributed by atoms with Crippen molar-refractivity contribution in [3.05, 3.63) is 65.3 Å². The molecule has 0 aliphatic carbocycles. The van der Waals surface area contributed by atoms with Gasteiger partial charge in [-0.05, 0) is 17.7 Å². The molecule has 5 heteroatoms. The van der Waals surface area contributed by atoms with Gasteiger partial charge in [0.2, 0.25) is 0 Å². The van der Waals surface area contributed by atoms with E-state index in [4.69, 9.17) is 0 Å². The summed E-state index contributed by atoms with van der Waals surface area (Å²) in [5.74, 6) is 0. The van der Waals surface area contributed by atoms with E-state index in [0.717, 1.165) is 22.0 Å². The number of benzene rings is 1. The largest absolute Gasteiger partial charge is 0.347 e. The molecule has 4 aromatic rings. The van der Waals surface area contributed by atoms with Crippen LogP contribution < -0.4 is 5.69 Å². The average Bonchev–Trinajstić information content (AvgIpc) is 2.89. The minimum absolute atomic E-state index is 0.244. The Morgan fingerprint density at radius 1 is 1.05 bits per heavy atom. The Balaban J connectivity index is 2.07. The molecule has 3 aromatic heterocycles. The fraction of sp³-hybridized carbons (Fsp3) is 0. The zero-order chi connectivity index (χ0) is 13.5. The Hall–Kier alpha value is -2.95. The molecule has 96 valence electrons. The molecule has 0 fully saturated rings. The smallest absolute Gasteiger partial charge is 0.255 e. The summed E-state index contributed by atoms with van der Waals surface area (Å²) < 4.78 is 1.48. The number of aromatic amines is 1. The molecular weight excluding hydrogens is 252 g/mol. The maximum absolute atomic E-state index is 11.6. The predicted molar refractivity (Wildman–Crippen MR) is 76.5 cm³/mol. The van der Waals surface area contributed by atoms with E-state index in [0.29, 0.717) is 5.65 Å².